The van der Waals surface area contributed by atoms with Crippen LogP contribution < -0.4 is 10.5 Å². The van der Waals surface area contributed by atoms with Crippen molar-refractivity contribution in [2.75, 3.05) is 12.3 Å². The van der Waals surface area contributed by atoms with E-state index in [1.165, 1.54) is 6.42 Å². The molecule has 1 aromatic carbocycles. The molecule has 1 saturated carbocycles. The number of hydrogen-bond acceptors (Lipinski definition) is 5. The van der Waals surface area contributed by atoms with Crippen LogP contribution in [0, 0.1) is 0 Å². The number of nitrogen functional groups attached to an aromatic ring is 1. The second-order valence-corrected chi connectivity index (χ2v) is 6.19. The van der Waals surface area contributed by atoms with Crippen LogP contribution in [0.15, 0.2) is 36.7 Å². The summed E-state index contributed by atoms with van der Waals surface area (Å²) in [5.41, 5.74) is 8.47. The first-order valence-corrected chi connectivity index (χ1v) is 8.21. The van der Waals surface area contributed by atoms with E-state index in [9.17, 15) is 4.79 Å². The molecule has 2 aromatic heterocycles. The number of carboxylic acid groups (broad SMARTS) is 1. The monoisotopic (exact) mass is 338 g/mol. The molecule has 0 amide bonds. The van der Waals surface area contributed by atoms with Crippen LogP contribution in [0.2, 0.25) is 0 Å². The van der Waals surface area contributed by atoms with E-state index in [0.29, 0.717) is 17.5 Å². The lowest BCUT2D eigenvalue weighted by Crippen LogP contribution is -2.12. The van der Waals surface area contributed by atoms with Crippen molar-refractivity contribution in [3.05, 3.63) is 42.5 Å². The zero-order valence-corrected chi connectivity index (χ0v) is 13.6. The SMILES string of the molecule is Nc1nccn2c(C3CCC3)nc(-c3cccc(OCC(=O)O)c3)c12. The van der Waals surface area contributed by atoms with E-state index in [1.807, 2.05) is 22.7 Å². The van der Waals surface area contributed by atoms with E-state index in [2.05, 4.69) is 4.98 Å². The highest BCUT2D eigenvalue weighted by molar-refractivity contribution is 5.85. The zero-order valence-electron chi connectivity index (χ0n) is 13.6. The smallest absolute Gasteiger partial charge is 0.341 e. The van der Waals surface area contributed by atoms with Gasteiger partial charge >= 0.3 is 5.97 Å². The Labute approximate surface area is 144 Å². The van der Waals surface area contributed by atoms with Crippen molar-refractivity contribution in [2.24, 2.45) is 0 Å². The molecule has 7 heteroatoms. The Morgan fingerprint density at radius 2 is 2.24 bits per heavy atom. The predicted molar refractivity (Wildman–Crippen MR) is 92.6 cm³/mol. The molecule has 1 aliphatic carbocycles. The number of ether oxygens (including phenoxy) is 1. The fourth-order valence-corrected chi connectivity index (χ4v) is 3.12. The van der Waals surface area contributed by atoms with Crippen LogP contribution in [-0.2, 0) is 4.79 Å². The molecule has 0 bridgehead atoms. The van der Waals surface area contributed by atoms with E-state index in [4.69, 9.17) is 20.6 Å². The summed E-state index contributed by atoms with van der Waals surface area (Å²) in [6.07, 6.45) is 7.04. The van der Waals surface area contributed by atoms with Crippen LogP contribution in [0.3, 0.4) is 0 Å². The van der Waals surface area contributed by atoms with Crippen molar-refractivity contribution in [3.8, 4) is 17.0 Å². The topological polar surface area (TPSA) is 103 Å². The van der Waals surface area contributed by atoms with Crippen LogP contribution in [0.5, 0.6) is 5.75 Å². The number of nitrogens with zero attached hydrogens (tertiary/aromatic N) is 3. The van der Waals surface area contributed by atoms with Crippen LogP contribution >= 0.6 is 0 Å². The summed E-state index contributed by atoms with van der Waals surface area (Å²) >= 11 is 0. The van der Waals surface area contributed by atoms with Gasteiger partial charge in [-0.05, 0) is 25.0 Å². The van der Waals surface area contributed by atoms with E-state index in [1.54, 1.807) is 18.3 Å². The first-order chi connectivity index (χ1) is 12.1. The molecule has 0 aliphatic heterocycles. The quantitative estimate of drug-likeness (QED) is 0.741. The Hall–Kier alpha value is -3.09. The molecular formula is C18H18N4O3. The Morgan fingerprint density at radius 3 is 2.96 bits per heavy atom. The molecule has 4 rings (SSSR count). The normalized spacial score (nSPS) is 14.4. The molecular weight excluding hydrogens is 320 g/mol. The number of carbonyl (C=O) groups is 1. The van der Waals surface area contributed by atoms with Gasteiger partial charge in [-0.25, -0.2) is 14.8 Å². The fourth-order valence-electron chi connectivity index (χ4n) is 3.12. The fraction of sp³-hybridized carbons (Fsp3) is 0.278. The number of hydrogen-bond donors (Lipinski definition) is 2. The van der Waals surface area contributed by atoms with Gasteiger partial charge in [-0.2, -0.15) is 0 Å². The Kier molecular flexibility index (Phi) is 3.76. The third kappa shape index (κ3) is 2.77. The summed E-state index contributed by atoms with van der Waals surface area (Å²) in [6.45, 7) is -0.385. The molecule has 7 nitrogen and oxygen atoms in total. The molecule has 0 unspecified atom stereocenters. The summed E-state index contributed by atoms with van der Waals surface area (Å²) in [6, 6.07) is 7.22. The van der Waals surface area contributed by atoms with Crippen molar-refractivity contribution < 1.29 is 14.6 Å². The number of benzene rings is 1. The maximum atomic E-state index is 10.7. The standard InChI is InChI=1S/C18H18N4O3/c19-17-16-15(12-5-2-6-13(9-12)25-10-14(23)24)21-18(11-3-1-4-11)22(16)8-7-20-17/h2,5-9,11H,1,3-4,10H2,(H2,19,20)(H,23,24). The maximum absolute atomic E-state index is 10.7. The molecule has 0 radical (unpaired) electrons. The van der Waals surface area contributed by atoms with E-state index >= 15 is 0 Å². The minimum Gasteiger partial charge on any atom is -0.482 e. The molecule has 2 heterocycles. The predicted octanol–water partition coefficient (Wildman–Crippen LogP) is 2.71. The second-order valence-electron chi connectivity index (χ2n) is 6.19. The van der Waals surface area contributed by atoms with Gasteiger partial charge < -0.3 is 15.6 Å². The molecule has 0 atom stereocenters. The summed E-state index contributed by atoms with van der Waals surface area (Å²) in [5, 5.41) is 8.77. The molecule has 3 N–H and O–H groups in total. The first-order valence-electron chi connectivity index (χ1n) is 8.21. The number of imidazole rings is 1. The van der Waals surface area contributed by atoms with E-state index in [-0.39, 0.29) is 6.61 Å². The van der Waals surface area contributed by atoms with Gasteiger partial charge in [-0.1, -0.05) is 18.6 Å². The minimum absolute atomic E-state index is 0.385. The minimum atomic E-state index is -1.02. The highest BCUT2D eigenvalue weighted by atomic mass is 16.5. The third-order valence-corrected chi connectivity index (χ3v) is 4.55. The largest absolute Gasteiger partial charge is 0.482 e. The van der Waals surface area contributed by atoms with Gasteiger partial charge in [0.1, 0.15) is 28.6 Å². The third-order valence-electron chi connectivity index (χ3n) is 4.55. The molecule has 3 aromatic rings. The molecule has 25 heavy (non-hydrogen) atoms. The van der Waals surface area contributed by atoms with Crippen molar-refractivity contribution in [3.63, 3.8) is 0 Å². The highest BCUT2D eigenvalue weighted by Gasteiger charge is 2.26. The lowest BCUT2D eigenvalue weighted by molar-refractivity contribution is -0.139. The molecule has 1 fully saturated rings. The van der Waals surface area contributed by atoms with Crippen molar-refractivity contribution >= 4 is 17.3 Å². The number of aromatic nitrogens is 3. The number of anilines is 1. The molecule has 128 valence electrons. The number of carboxylic acids is 1. The van der Waals surface area contributed by atoms with E-state index in [0.717, 1.165) is 35.4 Å². The van der Waals surface area contributed by atoms with Crippen molar-refractivity contribution in [2.45, 2.75) is 25.2 Å². The summed E-state index contributed by atoms with van der Waals surface area (Å²) < 4.78 is 7.30. The van der Waals surface area contributed by atoms with Gasteiger partial charge in [0.15, 0.2) is 6.61 Å². The highest BCUT2D eigenvalue weighted by Crippen LogP contribution is 2.39. The maximum Gasteiger partial charge on any atom is 0.341 e. The van der Waals surface area contributed by atoms with Gasteiger partial charge in [-0.15, -0.1) is 0 Å². The van der Waals surface area contributed by atoms with Crippen LogP contribution in [0.4, 0.5) is 5.82 Å². The van der Waals surface area contributed by atoms with Gasteiger partial charge in [0.25, 0.3) is 0 Å². The second kappa shape index (κ2) is 6.08. The summed E-state index contributed by atoms with van der Waals surface area (Å²) in [4.78, 5) is 19.7. The zero-order chi connectivity index (χ0) is 17.4. The molecule has 0 saturated heterocycles. The number of aliphatic carboxylic acids is 1. The first kappa shape index (κ1) is 15.4. The average Bonchev–Trinajstić information content (AvgIpc) is 2.93. The van der Waals surface area contributed by atoms with Gasteiger partial charge in [0.2, 0.25) is 0 Å². The van der Waals surface area contributed by atoms with Crippen molar-refractivity contribution in [1.29, 1.82) is 0 Å². The Balaban J connectivity index is 1.81. The van der Waals surface area contributed by atoms with Gasteiger partial charge in [0.05, 0.1) is 0 Å². The Bertz CT molecular complexity index is 947. The Morgan fingerprint density at radius 1 is 1.40 bits per heavy atom. The lowest BCUT2D eigenvalue weighted by Gasteiger charge is -2.23. The van der Waals surface area contributed by atoms with Crippen molar-refractivity contribution in [1.82, 2.24) is 14.4 Å². The van der Waals surface area contributed by atoms with Crippen LogP contribution in [-0.4, -0.2) is 32.1 Å². The number of fused-ring (bicyclic) bond motifs is 1. The van der Waals surface area contributed by atoms with Gasteiger partial charge in [-0.3, -0.25) is 4.40 Å². The van der Waals surface area contributed by atoms with Crippen LogP contribution in [0.25, 0.3) is 16.8 Å². The van der Waals surface area contributed by atoms with E-state index < -0.39 is 5.97 Å². The van der Waals surface area contributed by atoms with Crippen LogP contribution in [0.1, 0.15) is 31.0 Å². The average molecular weight is 338 g/mol. The number of nitrogens with two attached hydrogens (primary N) is 1. The lowest BCUT2D eigenvalue weighted by atomic mass is 9.85. The van der Waals surface area contributed by atoms with Gasteiger partial charge in [0, 0.05) is 23.9 Å². The summed E-state index contributed by atoms with van der Waals surface area (Å²) in [5.74, 6) is 1.33. The summed E-state index contributed by atoms with van der Waals surface area (Å²) in [7, 11) is 0. The molecule has 1 aliphatic rings. The number of rotatable bonds is 5. The molecule has 0 spiro atoms.